The predicted molar refractivity (Wildman–Crippen MR) is 113 cm³/mol. The van der Waals surface area contributed by atoms with Crippen molar-refractivity contribution in [1.29, 1.82) is 0 Å². The summed E-state index contributed by atoms with van der Waals surface area (Å²) in [4.78, 5) is 28.5. The average Bonchev–Trinajstić information content (AvgIpc) is 3.01. The number of nitrogens with zero attached hydrogens (tertiary/aromatic N) is 2. The predicted octanol–water partition coefficient (Wildman–Crippen LogP) is 4.25. The largest absolute Gasteiger partial charge is 0.485 e. The van der Waals surface area contributed by atoms with E-state index in [0.29, 0.717) is 38.4 Å². The Morgan fingerprint density at radius 3 is 2.43 bits per heavy atom. The molecule has 1 aromatic carbocycles. The molecule has 7 nitrogen and oxygen atoms in total. The van der Waals surface area contributed by atoms with Gasteiger partial charge in [-0.25, -0.2) is 4.79 Å². The summed E-state index contributed by atoms with van der Waals surface area (Å²) in [6.45, 7) is 9.76. The Morgan fingerprint density at radius 1 is 1.00 bits per heavy atom. The van der Waals surface area contributed by atoms with E-state index in [4.69, 9.17) is 13.9 Å². The third kappa shape index (κ3) is 5.78. The van der Waals surface area contributed by atoms with E-state index < -0.39 is 5.60 Å². The first-order chi connectivity index (χ1) is 14.2. The summed E-state index contributed by atoms with van der Waals surface area (Å²) in [6, 6.07) is 11.2. The van der Waals surface area contributed by atoms with Crippen molar-refractivity contribution >= 4 is 12.0 Å². The summed E-state index contributed by atoms with van der Waals surface area (Å²) in [7, 11) is 0. The molecule has 2 amide bonds. The Labute approximate surface area is 177 Å². The minimum atomic E-state index is -0.538. The molecule has 1 fully saturated rings. The number of amides is 2. The molecule has 0 saturated carbocycles. The van der Waals surface area contributed by atoms with E-state index in [1.807, 2.05) is 52.0 Å². The van der Waals surface area contributed by atoms with Crippen LogP contribution in [-0.4, -0.2) is 53.6 Å². The van der Waals surface area contributed by atoms with Crippen LogP contribution >= 0.6 is 0 Å². The number of carbonyl (C=O) groups excluding carboxylic acids is 2. The van der Waals surface area contributed by atoms with E-state index in [9.17, 15) is 9.59 Å². The number of para-hydroxylation sites is 1. The Kier molecular flexibility index (Phi) is 6.70. The monoisotopic (exact) mass is 414 g/mol. The number of hydrogen-bond acceptors (Lipinski definition) is 5. The van der Waals surface area contributed by atoms with Gasteiger partial charge in [0.05, 0.1) is 0 Å². The zero-order valence-electron chi connectivity index (χ0n) is 18.1. The molecule has 0 bridgehead atoms. The minimum Gasteiger partial charge on any atom is -0.485 e. The van der Waals surface area contributed by atoms with Crippen LogP contribution in [0.1, 0.15) is 49.1 Å². The van der Waals surface area contributed by atoms with Crippen molar-refractivity contribution in [2.24, 2.45) is 0 Å². The fourth-order valence-corrected chi connectivity index (χ4v) is 3.22. The molecular weight excluding hydrogens is 384 g/mol. The van der Waals surface area contributed by atoms with Gasteiger partial charge < -0.3 is 23.7 Å². The lowest BCUT2D eigenvalue weighted by Gasteiger charge is -2.26. The van der Waals surface area contributed by atoms with Gasteiger partial charge in [-0.2, -0.15) is 0 Å². The second-order valence-electron chi connectivity index (χ2n) is 8.43. The molecule has 1 aliphatic heterocycles. The van der Waals surface area contributed by atoms with Gasteiger partial charge in [-0.1, -0.05) is 18.2 Å². The maximum Gasteiger partial charge on any atom is 0.410 e. The lowest BCUT2D eigenvalue weighted by Crippen LogP contribution is -2.40. The highest BCUT2D eigenvalue weighted by atomic mass is 16.6. The van der Waals surface area contributed by atoms with E-state index in [-0.39, 0.29) is 24.4 Å². The van der Waals surface area contributed by atoms with Gasteiger partial charge in [-0.05, 0) is 57.9 Å². The highest BCUT2D eigenvalue weighted by molar-refractivity contribution is 5.91. The zero-order valence-corrected chi connectivity index (χ0v) is 18.1. The Balaban J connectivity index is 1.55. The summed E-state index contributed by atoms with van der Waals surface area (Å²) >= 11 is 0. The van der Waals surface area contributed by atoms with Crippen LogP contribution in [0, 0.1) is 6.92 Å². The Bertz CT molecular complexity index is 884. The standard InChI is InChI=1S/C23H30N2O5/c1-17-8-5-6-9-19(17)28-16-18-10-11-20(29-18)21(26)24-12-7-13-25(15-14-24)22(27)30-23(2,3)4/h5-6,8-11H,7,12-16H2,1-4H3. The highest BCUT2D eigenvalue weighted by Gasteiger charge is 2.27. The molecule has 0 N–H and O–H groups in total. The lowest BCUT2D eigenvalue weighted by molar-refractivity contribution is 0.0255. The first kappa shape index (κ1) is 21.7. The third-order valence-corrected chi connectivity index (χ3v) is 4.77. The molecule has 30 heavy (non-hydrogen) atoms. The van der Waals surface area contributed by atoms with E-state index in [2.05, 4.69) is 0 Å². The molecule has 0 atom stereocenters. The number of ether oxygens (including phenoxy) is 2. The summed E-state index contributed by atoms with van der Waals surface area (Å²) < 4.78 is 16.9. The van der Waals surface area contributed by atoms with Crippen molar-refractivity contribution in [1.82, 2.24) is 9.80 Å². The third-order valence-electron chi connectivity index (χ3n) is 4.77. The van der Waals surface area contributed by atoms with Crippen LogP contribution in [0.2, 0.25) is 0 Å². The average molecular weight is 415 g/mol. The number of rotatable bonds is 4. The number of furan rings is 1. The fourth-order valence-electron chi connectivity index (χ4n) is 3.22. The molecule has 7 heteroatoms. The molecule has 1 aromatic heterocycles. The lowest BCUT2D eigenvalue weighted by atomic mass is 10.2. The van der Waals surface area contributed by atoms with E-state index >= 15 is 0 Å². The maximum atomic E-state index is 12.9. The zero-order chi connectivity index (χ0) is 21.7. The van der Waals surface area contributed by atoms with E-state index in [1.165, 1.54) is 0 Å². The second kappa shape index (κ2) is 9.24. The molecule has 2 heterocycles. The molecule has 3 rings (SSSR count). The van der Waals surface area contributed by atoms with Crippen LogP contribution in [0.3, 0.4) is 0 Å². The van der Waals surface area contributed by atoms with Crippen molar-refractivity contribution in [3.63, 3.8) is 0 Å². The highest BCUT2D eigenvalue weighted by Crippen LogP contribution is 2.20. The molecule has 1 saturated heterocycles. The smallest absolute Gasteiger partial charge is 0.410 e. The summed E-state index contributed by atoms with van der Waals surface area (Å²) in [5, 5.41) is 0. The van der Waals surface area contributed by atoms with Crippen molar-refractivity contribution in [2.45, 2.75) is 46.3 Å². The molecule has 2 aromatic rings. The molecule has 0 unspecified atom stereocenters. The summed E-state index contributed by atoms with van der Waals surface area (Å²) in [6.07, 6.45) is 0.347. The number of benzene rings is 1. The van der Waals surface area contributed by atoms with Crippen molar-refractivity contribution in [3.8, 4) is 5.75 Å². The Hall–Kier alpha value is -2.96. The summed E-state index contributed by atoms with van der Waals surface area (Å²) in [5.74, 6) is 1.48. The first-order valence-electron chi connectivity index (χ1n) is 10.3. The number of aryl methyl sites for hydroxylation is 1. The van der Waals surface area contributed by atoms with Gasteiger partial charge in [0, 0.05) is 26.2 Å². The van der Waals surface area contributed by atoms with Gasteiger partial charge in [0.25, 0.3) is 5.91 Å². The molecular formula is C23H30N2O5. The van der Waals surface area contributed by atoms with Crippen molar-refractivity contribution < 1.29 is 23.5 Å². The Morgan fingerprint density at radius 2 is 1.70 bits per heavy atom. The van der Waals surface area contributed by atoms with Crippen molar-refractivity contribution in [2.75, 3.05) is 26.2 Å². The van der Waals surface area contributed by atoms with Gasteiger partial charge in [-0.15, -0.1) is 0 Å². The maximum absolute atomic E-state index is 12.9. The number of carbonyl (C=O) groups is 2. The van der Waals surface area contributed by atoms with E-state index in [1.54, 1.807) is 21.9 Å². The van der Waals surface area contributed by atoms with E-state index in [0.717, 1.165) is 11.3 Å². The van der Waals surface area contributed by atoms with Gasteiger partial charge in [0.15, 0.2) is 5.76 Å². The van der Waals surface area contributed by atoms with Crippen LogP contribution in [0.4, 0.5) is 4.79 Å². The van der Waals surface area contributed by atoms with Crippen LogP contribution in [0.5, 0.6) is 5.75 Å². The molecule has 1 aliphatic rings. The van der Waals surface area contributed by atoms with Crippen LogP contribution in [-0.2, 0) is 11.3 Å². The van der Waals surface area contributed by atoms with Crippen LogP contribution in [0.15, 0.2) is 40.8 Å². The fraction of sp³-hybridized carbons (Fsp3) is 0.478. The van der Waals surface area contributed by atoms with Gasteiger partial charge >= 0.3 is 6.09 Å². The summed E-state index contributed by atoms with van der Waals surface area (Å²) in [5.41, 5.74) is 0.503. The molecule has 0 spiro atoms. The molecule has 162 valence electrons. The molecule has 0 radical (unpaired) electrons. The van der Waals surface area contributed by atoms with Gasteiger partial charge in [0.1, 0.15) is 23.7 Å². The van der Waals surface area contributed by atoms with Crippen molar-refractivity contribution in [3.05, 3.63) is 53.5 Å². The van der Waals surface area contributed by atoms with Gasteiger partial charge in [0.2, 0.25) is 0 Å². The normalized spacial score (nSPS) is 14.9. The second-order valence-corrected chi connectivity index (χ2v) is 8.43. The number of hydrogen-bond donors (Lipinski definition) is 0. The van der Waals surface area contributed by atoms with Gasteiger partial charge in [-0.3, -0.25) is 4.79 Å². The molecule has 0 aliphatic carbocycles. The topological polar surface area (TPSA) is 72.2 Å². The van der Waals surface area contributed by atoms with Crippen LogP contribution in [0.25, 0.3) is 0 Å². The van der Waals surface area contributed by atoms with Crippen LogP contribution < -0.4 is 4.74 Å². The SMILES string of the molecule is Cc1ccccc1OCc1ccc(C(=O)N2CCCN(C(=O)OC(C)(C)C)CC2)o1. The minimum absolute atomic E-state index is 0.178. The quantitative estimate of drug-likeness (QED) is 0.748. The first-order valence-corrected chi connectivity index (χ1v) is 10.3.